The fraction of sp³-hybridized carbons (Fsp3) is 0.0833. The minimum absolute atomic E-state index is 0.313. The molecule has 3 aromatic rings. The van der Waals surface area contributed by atoms with E-state index >= 15 is 0 Å². The van der Waals surface area contributed by atoms with E-state index in [0.29, 0.717) is 34.4 Å². The molecule has 0 unspecified atom stereocenters. The summed E-state index contributed by atoms with van der Waals surface area (Å²) in [7, 11) is 1.56. The SMILES string of the molecule is COc1cc(/C=C2\C(=O)ON=C2c2ccccc2)ccc1OCc1ccccc1Cl. The van der Waals surface area contributed by atoms with Crippen LogP contribution in [0, 0.1) is 0 Å². The van der Waals surface area contributed by atoms with Crippen molar-refractivity contribution in [3.63, 3.8) is 0 Å². The van der Waals surface area contributed by atoms with Gasteiger partial charge in [0, 0.05) is 16.1 Å². The molecular weight excluding hydrogens is 402 g/mol. The van der Waals surface area contributed by atoms with E-state index in [9.17, 15) is 4.79 Å². The zero-order valence-electron chi connectivity index (χ0n) is 16.2. The zero-order chi connectivity index (χ0) is 20.9. The molecule has 5 nitrogen and oxygen atoms in total. The Morgan fingerprint density at radius 3 is 2.53 bits per heavy atom. The van der Waals surface area contributed by atoms with Crippen molar-refractivity contribution in [3.8, 4) is 11.5 Å². The average Bonchev–Trinajstić information content (AvgIpc) is 3.14. The van der Waals surface area contributed by atoms with Crippen LogP contribution in [-0.4, -0.2) is 18.8 Å². The van der Waals surface area contributed by atoms with Gasteiger partial charge in [-0.15, -0.1) is 0 Å². The summed E-state index contributed by atoms with van der Waals surface area (Å²) in [5.41, 5.74) is 3.33. The molecule has 0 atom stereocenters. The Kier molecular flexibility index (Phi) is 5.82. The van der Waals surface area contributed by atoms with Crippen LogP contribution in [0.4, 0.5) is 0 Å². The highest BCUT2D eigenvalue weighted by Crippen LogP contribution is 2.31. The second-order valence-electron chi connectivity index (χ2n) is 6.53. The number of rotatable bonds is 6. The summed E-state index contributed by atoms with van der Waals surface area (Å²) in [5.74, 6) is 0.623. The van der Waals surface area contributed by atoms with Crippen molar-refractivity contribution in [1.82, 2.24) is 0 Å². The molecule has 3 aromatic carbocycles. The molecule has 30 heavy (non-hydrogen) atoms. The van der Waals surface area contributed by atoms with Crippen molar-refractivity contribution in [2.45, 2.75) is 6.61 Å². The average molecular weight is 420 g/mol. The number of hydrogen-bond donors (Lipinski definition) is 0. The van der Waals surface area contributed by atoms with Crippen molar-refractivity contribution >= 4 is 29.4 Å². The van der Waals surface area contributed by atoms with Crippen LogP contribution in [0.2, 0.25) is 5.02 Å². The molecular formula is C24H18ClNO4. The Labute approximate surface area is 179 Å². The summed E-state index contributed by atoms with van der Waals surface area (Å²) >= 11 is 6.19. The number of carbonyl (C=O) groups is 1. The largest absolute Gasteiger partial charge is 0.493 e. The van der Waals surface area contributed by atoms with E-state index in [1.54, 1.807) is 25.3 Å². The van der Waals surface area contributed by atoms with Gasteiger partial charge in [0.05, 0.1) is 12.7 Å². The number of methoxy groups -OCH3 is 1. The van der Waals surface area contributed by atoms with Gasteiger partial charge < -0.3 is 14.3 Å². The van der Waals surface area contributed by atoms with Gasteiger partial charge in [-0.2, -0.15) is 0 Å². The highest BCUT2D eigenvalue weighted by Gasteiger charge is 2.26. The summed E-state index contributed by atoms with van der Waals surface area (Å²) in [4.78, 5) is 17.1. The van der Waals surface area contributed by atoms with E-state index in [1.807, 2.05) is 60.7 Å². The second kappa shape index (κ2) is 8.84. The van der Waals surface area contributed by atoms with Crippen LogP contribution in [0.3, 0.4) is 0 Å². The number of hydrogen-bond acceptors (Lipinski definition) is 5. The Morgan fingerprint density at radius 1 is 1.00 bits per heavy atom. The highest BCUT2D eigenvalue weighted by atomic mass is 35.5. The molecule has 0 N–H and O–H groups in total. The quantitative estimate of drug-likeness (QED) is 0.403. The number of benzene rings is 3. The molecule has 0 amide bonds. The molecule has 1 aliphatic heterocycles. The predicted molar refractivity (Wildman–Crippen MR) is 116 cm³/mol. The molecule has 0 radical (unpaired) electrons. The van der Waals surface area contributed by atoms with Gasteiger partial charge in [0.15, 0.2) is 11.5 Å². The highest BCUT2D eigenvalue weighted by molar-refractivity contribution is 6.31. The maximum absolute atomic E-state index is 12.2. The molecule has 0 fully saturated rings. The molecule has 0 bridgehead atoms. The number of nitrogens with zero attached hydrogens (tertiary/aromatic N) is 1. The zero-order valence-corrected chi connectivity index (χ0v) is 16.9. The van der Waals surface area contributed by atoms with Crippen LogP contribution in [0.25, 0.3) is 6.08 Å². The second-order valence-corrected chi connectivity index (χ2v) is 6.94. The molecule has 150 valence electrons. The predicted octanol–water partition coefficient (Wildman–Crippen LogP) is 5.27. The van der Waals surface area contributed by atoms with E-state index in [-0.39, 0.29) is 0 Å². The van der Waals surface area contributed by atoms with Gasteiger partial charge in [0.1, 0.15) is 12.3 Å². The number of halogens is 1. The summed E-state index contributed by atoms with van der Waals surface area (Å²) in [5, 5.41) is 4.57. The van der Waals surface area contributed by atoms with E-state index in [2.05, 4.69) is 5.16 Å². The summed E-state index contributed by atoms with van der Waals surface area (Å²) < 4.78 is 11.4. The van der Waals surface area contributed by atoms with E-state index in [4.69, 9.17) is 25.9 Å². The minimum atomic E-state index is -0.494. The monoisotopic (exact) mass is 419 g/mol. The third kappa shape index (κ3) is 4.21. The van der Waals surface area contributed by atoms with Gasteiger partial charge in [0.2, 0.25) is 0 Å². The number of carbonyl (C=O) groups excluding carboxylic acids is 1. The van der Waals surface area contributed by atoms with Crippen molar-refractivity contribution in [2.24, 2.45) is 5.16 Å². The molecule has 0 saturated carbocycles. The topological polar surface area (TPSA) is 57.1 Å². The summed E-state index contributed by atoms with van der Waals surface area (Å²) in [6.07, 6.45) is 1.72. The van der Waals surface area contributed by atoms with Gasteiger partial charge in [-0.05, 0) is 29.8 Å². The lowest BCUT2D eigenvalue weighted by Gasteiger charge is -2.12. The third-order valence-electron chi connectivity index (χ3n) is 4.58. The lowest BCUT2D eigenvalue weighted by molar-refractivity contribution is -0.136. The van der Waals surface area contributed by atoms with Crippen LogP contribution in [0.15, 0.2) is 83.5 Å². The van der Waals surface area contributed by atoms with E-state index in [1.165, 1.54) is 0 Å². The first kappa shape index (κ1) is 19.7. The van der Waals surface area contributed by atoms with Crippen LogP contribution < -0.4 is 9.47 Å². The van der Waals surface area contributed by atoms with Crippen molar-refractivity contribution < 1.29 is 19.1 Å². The van der Waals surface area contributed by atoms with Gasteiger partial charge in [0.25, 0.3) is 0 Å². The van der Waals surface area contributed by atoms with Crippen molar-refractivity contribution in [3.05, 3.63) is 100 Å². The lowest BCUT2D eigenvalue weighted by atomic mass is 10.0. The smallest absolute Gasteiger partial charge is 0.368 e. The van der Waals surface area contributed by atoms with Crippen LogP contribution in [0.1, 0.15) is 16.7 Å². The van der Waals surface area contributed by atoms with Gasteiger partial charge >= 0.3 is 5.97 Å². The maximum Gasteiger partial charge on any atom is 0.368 e. The summed E-state index contributed by atoms with van der Waals surface area (Å²) in [6, 6.07) is 22.3. The van der Waals surface area contributed by atoms with Gasteiger partial charge in [-0.3, -0.25) is 0 Å². The number of oxime groups is 1. The van der Waals surface area contributed by atoms with Crippen LogP contribution >= 0.6 is 11.6 Å². The first-order chi connectivity index (χ1) is 14.7. The normalized spacial score (nSPS) is 14.4. The standard InChI is InChI=1S/C24H18ClNO4/c1-28-22-14-16(11-12-21(22)29-15-18-9-5-6-10-20(18)25)13-19-23(26-30-24(19)27)17-7-3-2-4-8-17/h2-14H,15H2,1H3/b19-13-. The Morgan fingerprint density at radius 2 is 1.77 bits per heavy atom. The molecule has 0 aliphatic carbocycles. The third-order valence-corrected chi connectivity index (χ3v) is 4.95. The molecule has 6 heteroatoms. The molecule has 0 saturated heterocycles. The minimum Gasteiger partial charge on any atom is -0.493 e. The van der Waals surface area contributed by atoms with Gasteiger partial charge in [-0.25, -0.2) is 4.79 Å². The van der Waals surface area contributed by atoms with Crippen molar-refractivity contribution in [1.29, 1.82) is 0 Å². The Balaban J connectivity index is 1.58. The molecule has 4 rings (SSSR count). The molecule has 0 aromatic heterocycles. The first-order valence-corrected chi connectivity index (χ1v) is 9.64. The lowest BCUT2D eigenvalue weighted by Crippen LogP contribution is -2.06. The molecule has 1 aliphatic rings. The molecule has 1 heterocycles. The summed E-state index contributed by atoms with van der Waals surface area (Å²) in [6.45, 7) is 0.313. The first-order valence-electron chi connectivity index (χ1n) is 9.27. The fourth-order valence-corrected chi connectivity index (χ4v) is 3.23. The van der Waals surface area contributed by atoms with E-state index < -0.39 is 5.97 Å². The fourth-order valence-electron chi connectivity index (χ4n) is 3.04. The number of ether oxygens (including phenoxy) is 2. The van der Waals surface area contributed by atoms with Gasteiger partial charge in [-0.1, -0.05) is 71.4 Å². The van der Waals surface area contributed by atoms with Crippen LogP contribution in [0.5, 0.6) is 11.5 Å². The van der Waals surface area contributed by atoms with Crippen molar-refractivity contribution in [2.75, 3.05) is 7.11 Å². The van der Waals surface area contributed by atoms with E-state index in [0.717, 1.165) is 16.7 Å². The molecule has 0 spiro atoms. The Hall–Kier alpha value is -3.57. The maximum atomic E-state index is 12.2. The Bertz CT molecular complexity index is 1140. The van der Waals surface area contributed by atoms with Crippen LogP contribution in [-0.2, 0) is 16.2 Å².